The van der Waals surface area contributed by atoms with Crippen LogP contribution < -0.4 is 5.32 Å². The zero-order valence-electron chi connectivity index (χ0n) is 14.5. The molecule has 2 aromatic carbocycles. The lowest BCUT2D eigenvalue weighted by atomic mass is 10.0. The van der Waals surface area contributed by atoms with Crippen LogP contribution in [0.4, 0.5) is 13.2 Å². The largest absolute Gasteiger partial charge is 0.416 e. The van der Waals surface area contributed by atoms with E-state index in [1.165, 1.54) is 12.1 Å². The molecule has 2 rings (SSSR count). The van der Waals surface area contributed by atoms with Crippen molar-refractivity contribution in [2.24, 2.45) is 0 Å². The maximum absolute atomic E-state index is 12.7. The minimum atomic E-state index is -4.35. The maximum atomic E-state index is 12.7. The highest BCUT2D eigenvalue weighted by atomic mass is 79.9. The maximum Gasteiger partial charge on any atom is 0.416 e. The van der Waals surface area contributed by atoms with Gasteiger partial charge in [0.1, 0.15) is 0 Å². The number of alkyl halides is 3. The van der Waals surface area contributed by atoms with Gasteiger partial charge in [-0.3, -0.25) is 4.79 Å². The Morgan fingerprint density at radius 1 is 1.08 bits per heavy atom. The zero-order chi connectivity index (χ0) is 19.3. The molecule has 1 N–H and O–H groups in total. The molecule has 140 valence electrons. The lowest BCUT2D eigenvalue weighted by molar-refractivity contribution is -0.137. The molecule has 0 amide bonds. The van der Waals surface area contributed by atoms with E-state index in [4.69, 9.17) is 0 Å². The van der Waals surface area contributed by atoms with Gasteiger partial charge in [0.05, 0.1) is 12.1 Å². The number of Topliss-reactive ketones (excluding diaryl/α,β-unsaturated/α-hetero) is 1. The molecule has 0 aliphatic carbocycles. The van der Waals surface area contributed by atoms with Crippen molar-refractivity contribution >= 4 is 21.7 Å². The highest BCUT2D eigenvalue weighted by molar-refractivity contribution is 9.10. The molecule has 0 aliphatic rings. The van der Waals surface area contributed by atoms with Crippen LogP contribution in [0, 0.1) is 0 Å². The van der Waals surface area contributed by atoms with Crippen molar-refractivity contribution in [2.45, 2.75) is 12.2 Å². The molecule has 0 spiro atoms. The van der Waals surface area contributed by atoms with Gasteiger partial charge >= 0.3 is 6.18 Å². The van der Waals surface area contributed by atoms with Gasteiger partial charge in [0, 0.05) is 22.6 Å². The molecule has 1 atom stereocenters. The Labute approximate surface area is 159 Å². The second kappa shape index (κ2) is 8.79. The summed E-state index contributed by atoms with van der Waals surface area (Å²) >= 11 is 3.32. The van der Waals surface area contributed by atoms with Crippen molar-refractivity contribution in [1.29, 1.82) is 0 Å². The number of nitrogens with one attached hydrogen (secondary N) is 1. The van der Waals surface area contributed by atoms with Crippen molar-refractivity contribution in [3.8, 4) is 0 Å². The average molecular weight is 429 g/mol. The van der Waals surface area contributed by atoms with Gasteiger partial charge < -0.3 is 10.2 Å². The molecule has 26 heavy (non-hydrogen) atoms. The van der Waals surface area contributed by atoms with E-state index < -0.39 is 11.7 Å². The number of hydrogen-bond donors (Lipinski definition) is 1. The fourth-order valence-corrected chi connectivity index (χ4v) is 2.82. The molecular weight excluding hydrogens is 409 g/mol. The third kappa shape index (κ3) is 5.65. The smallest absolute Gasteiger partial charge is 0.308 e. The van der Waals surface area contributed by atoms with E-state index in [9.17, 15) is 18.0 Å². The number of carbonyl (C=O) groups is 1. The Hall–Kier alpha value is -1.70. The van der Waals surface area contributed by atoms with Gasteiger partial charge in [-0.15, -0.1) is 0 Å². The van der Waals surface area contributed by atoms with Gasteiger partial charge in [-0.05, 0) is 43.9 Å². The summed E-state index contributed by atoms with van der Waals surface area (Å²) in [6.07, 6.45) is -4.35. The fraction of sp³-hybridized carbons (Fsp3) is 0.316. The van der Waals surface area contributed by atoms with E-state index in [1.54, 1.807) is 24.3 Å². The van der Waals surface area contributed by atoms with Gasteiger partial charge in [0.2, 0.25) is 0 Å². The molecule has 0 fully saturated rings. The Morgan fingerprint density at radius 3 is 2.15 bits per heavy atom. The number of hydrogen-bond acceptors (Lipinski definition) is 3. The fourth-order valence-electron chi connectivity index (χ4n) is 2.55. The predicted molar refractivity (Wildman–Crippen MR) is 99.2 cm³/mol. The Kier molecular flexibility index (Phi) is 6.97. The quantitative estimate of drug-likeness (QED) is 0.656. The van der Waals surface area contributed by atoms with Crippen molar-refractivity contribution in [2.75, 3.05) is 27.2 Å². The van der Waals surface area contributed by atoms with Gasteiger partial charge in [-0.1, -0.05) is 40.2 Å². The molecule has 0 heterocycles. The summed E-state index contributed by atoms with van der Waals surface area (Å²) in [6.45, 7) is 0.604. The second-order valence-electron chi connectivity index (χ2n) is 6.16. The topological polar surface area (TPSA) is 32.3 Å². The minimum Gasteiger partial charge on any atom is -0.308 e. The summed E-state index contributed by atoms with van der Waals surface area (Å²) in [7, 11) is 3.70. The summed E-state index contributed by atoms with van der Waals surface area (Å²) in [5.41, 5.74) is 0.695. The third-order valence-corrected chi connectivity index (χ3v) is 4.56. The summed E-state index contributed by atoms with van der Waals surface area (Å²) in [6, 6.07) is 12.1. The first kappa shape index (κ1) is 20.6. The monoisotopic (exact) mass is 428 g/mol. The first-order valence-electron chi connectivity index (χ1n) is 8.01. The van der Waals surface area contributed by atoms with Gasteiger partial charge in [0.15, 0.2) is 5.78 Å². The number of carbonyl (C=O) groups excluding carboxylic acids is 1. The van der Waals surface area contributed by atoms with Crippen molar-refractivity contribution < 1.29 is 18.0 Å². The molecule has 7 heteroatoms. The predicted octanol–water partition coefficient (Wildman–Crippen LogP) is 4.54. The molecular formula is C19H20BrF3N2O. The number of rotatable bonds is 7. The normalized spacial score (nSPS) is 13.0. The Bertz CT molecular complexity index is 728. The van der Waals surface area contributed by atoms with E-state index >= 15 is 0 Å². The molecule has 0 radical (unpaired) electrons. The molecule has 0 saturated heterocycles. The number of ketones is 1. The molecule has 3 nitrogen and oxygen atoms in total. The number of benzene rings is 2. The molecule has 0 aliphatic heterocycles. The lowest BCUT2D eigenvalue weighted by Crippen LogP contribution is -2.33. The first-order chi connectivity index (χ1) is 12.2. The van der Waals surface area contributed by atoms with E-state index in [0.29, 0.717) is 12.1 Å². The Morgan fingerprint density at radius 2 is 1.65 bits per heavy atom. The number of likely N-dealkylation sites (N-methyl/N-ethyl adjacent to an activating group) is 1. The van der Waals surface area contributed by atoms with Gasteiger partial charge in [-0.2, -0.15) is 13.2 Å². The van der Waals surface area contributed by atoms with Crippen LogP contribution >= 0.6 is 15.9 Å². The Balaban J connectivity index is 1.98. The molecule has 0 bridgehead atoms. The molecule has 1 unspecified atom stereocenters. The van der Waals surface area contributed by atoms with Gasteiger partial charge in [0.25, 0.3) is 0 Å². The summed E-state index contributed by atoms with van der Waals surface area (Å²) in [5, 5.41) is 3.10. The second-order valence-corrected chi connectivity index (χ2v) is 7.08. The molecule has 2 aromatic rings. The van der Waals surface area contributed by atoms with E-state index in [0.717, 1.165) is 22.2 Å². The average Bonchev–Trinajstić information content (AvgIpc) is 2.58. The van der Waals surface area contributed by atoms with Crippen molar-refractivity contribution in [3.63, 3.8) is 0 Å². The summed E-state index contributed by atoms with van der Waals surface area (Å²) in [5.74, 6) is -0.0394. The highest BCUT2D eigenvalue weighted by Crippen LogP contribution is 2.30. The SMILES string of the molecule is CN(C)C(CNCC(=O)c1ccc(Br)cc1)c1ccc(C(F)(F)F)cc1. The third-order valence-electron chi connectivity index (χ3n) is 4.04. The zero-order valence-corrected chi connectivity index (χ0v) is 16.1. The lowest BCUT2D eigenvalue weighted by Gasteiger charge is -2.25. The van der Waals surface area contributed by atoms with Crippen LogP contribution in [0.25, 0.3) is 0 Å². The van der Waals surface area contributed by atoms with Crippen molar-refractivity contribution in [1.82, 2.24) is 10.2 Å². The minimum absolute atomic E-state index is 0.0394. The van der Waals surface area contributed by atoms with E-state index in [2.05, 4.69) is 21.2 Å². The van der Waals surface area contributed by atoms with Crippen LogP contribution in [-0.2, 0) is 6.18 Å². The van der Waals surface area contributed by atoms with Crippen LogP contribution in [0.5, 0.6) is 0 Å². The summed E-state index contributed by atoms with van der Waals surface area (Å²) in [4.78, 5) is 14.1. The van der Waals surface area contributed by atoms with Crippen molar-refractivity contribution in [3.05, 3.63) is 69.7 Å². The standard InChI is InChI=1S/C19H20BrF3N2O/c1-25(2)17(13-3-7-15(8-4-13)19(21,22)23)11-24-12-18(26)14-5-9-16(20)10-6-14/h3-10,17,24H,11-12H2,1-2H3. The first-order valence-corrected chi connectivity index (χ1v) is 8.81. The van der Waals surface area contributed by atoms with Crippen LogP contribution in [0.15, 0.2) is 53.0 Å². The van der Waals surface area contributed by atoms with Crippen LogP contribution in [0.2, 0.25) is 0 Å². The van der Waals surface area contributed by atoms with Crippen LogP contribution in [0.1, 0.15) is 27.5 Å². The van der Waals surface area contributed by atoms with E-state index in [1.807, 2.05) is 19.0 Å². The number of halogens is 4. The molecule has 0 saturated carbocycles. The molecule has 0 aromatic heterocycles. The van der Waals surface area contributed by atoms with Gasteiger partial charge in [-0.25, -0.2) is 0 Å². The summed E-state index contributed by atoms with van der Waals surface area (Å²) < 4.78 is 39.0. The highest BCUT2D eigenvalue weighted by Gasteiger charge is 2.30. The van der Waals surface area contributed by atoms with Crippen LogP contribution in [-0.4, -0.2) is 37.9 Å². The van der Waals surface area contributed by atoms with E-state index in [-0.39, 0.29) is 18.4 Å². The van der Waals surface area contributed by atoms with Crippen LogP contribution in [0.3, 0.4) is 0 Å². The number of nitrogens with zero attached hydrogens (tertiary/aromatic N) is 1.